The van der Waals surface area contributed by atoms with Crippen LogP contribution in [-0.2, 0) is 4.79 Å². The van der Waals surface area contributed by atoms with Gasteiger partial charge in [-0.2, -0.15) is 0 Å². The number of benzene rings is 3. The fraction of sp³-hybridized carbons (Fsp3) is 0.125. The predicted molar refractivity (Wildman–Crippen MR) is 124 cm³/mol. The van der Waals surface area contributed by atoms with Crippen LogP contribution in [0.2, 0.25) is 0 Å². The number of hydrogen-bond acceptors (Lipinski definition) is 5. The summed E-state index contributed by atoms with van der Waals surface area (Å²) in [5.74, 6) is -0.718. The molecule has 0 radical (unpaired) electrons. The molecule has 0 aliphatic rings. The van der Waals surface area contributed by atoms with E-state index in [2.05, 4.69) is 15.5 Å². The van der Waals surface area contributed by atoms with Crippen molar-refractivity contribution >= 4 is 23.4 Å². The highest BCUT2D eigenvalue weighted by atomic mass is 32.2. The molecule has 3 aromatic carbocycles. The molecular formula is C24H20F2N4O2S. The smallest absolute Gasteiger partial charge is 0.234 e. The van der Waals surface area contributed by atoms with Crippen LogP contribution in [0.4, 0.5) is 14.5 Å². The molecule has 0 fully saturated rings. The number of aryl methyl sites for hydroxylation is 1. The number of amides is 1. The fourth-order valence-corrected chi connectivity index (χ4v) is 3.88. The maximum Gasteiger partial charge on any atom is 0.234 e. The summed E-state index contributed by atoms with van der Waals surface area (Å²) in [6.07, 6.45) is 0. The number of ether oxygens (including phenoxy) is 1. The van der Waals surface area contributed by atoms with Crippen LogP contribution in [0.15, 0.2) is 71.9 Å². The van der Waals surface area contributed by atoms with Gasteiger partial charge in [0.1, 0.15) is 17.4 Å². The molecule has 1 heterocycles. The van der Waals surface area contributed by atoms with Crippen molar-refractivity contribution in [2.75, 3.05) is 18.2 Å². The number of halogens is 2. The number of carbonyl (C=O) groups excluding carboxylic acids is 1. The Morgan fingerprint density at radius 3 is 2.42 bits per heavy atom. The number of anilines is 1. The molecule has 1 N–H and O–H groups in total. The highest BCUT2D eigenvalue weighted by molar-refractivity contribution is 7.99. The number of methoxy groups -OCH3 is 1. The molecule has 33 heavy (non-hydrogen) atoms. The molecule has 4 rings (SSSR count). The third-order valence-corrected chi connectivity index (χ3v) is 5.74. The van der Waals surface area contributed by atoms with E-state index >= 15 is 0 Å². The summed E-state index contributed by atoms with van der Waals surface area (Å²) in [6.45, 7) is 2.00. The van der Waals surface area contributed by atoms with Crippen molar-refractivity contribution in [3.63, 3.8) is 0 Å². The molecule has 4 aromatic rings. The third kappa shape index (κ3) is 5.20. The number of thioether (sulfide) groups is 1. The maximum atomic E-state index is 13.8. The van der Waals surface area contributed by atoms with Crippen molar-refractivity contribution in [3.05, 3.63) is 83.9 Å². The molecule has 0 bridgehead atoms. The third-order valence-electron chi connectivity index (χ3n) is 4.81. The Morgan fingerprint density at radius 1 is 1.03 bits per heavy atom. The lowest BCUT2D eigenvalue weighted by atomic mass is 10.1. The monoisotopic (exact) mass is 466 g/mol. The van der Waals surface area contributed by atoms with Gasteiger partial charge in [0.15, 0.2) is 11.0 Å². The standard InChI is InChI=1S/C24H20F2N4O2S/c1-15-3-5-16(6-4-15)23-28-29-24(30(23)18-8-10-19(32-2)11-9-18)33-14-22(31)27-21-12-7-17(25)13-20(21)26/h3-13H,14H2,1-2H3,(H,27,31). The number of hydrogen-bond donors (Lipinski definition) is 1. The van der Waals surface area contributed by atoms with E-state index in [1.54, 1.807) is 7.11 Å². The summed E-state index contributed by atoms with van der Waals surface area (Å²) >= 11 is 1.16. The molecule has 0 unspecified atom stereocenters. The van der Waals surface area contributed by atoms with Gasteiger partial charge in [0.05, 0.1) is 18.6 Å². The Morgan fingerprint density at radius 2 is 1.76 bits per heavy atom. The average Bonchev–Trinajstić information content (AvgIpc) is 3.24. The van der Waals surface area contributed by atoms with Gasteiger partial charge in [-0.1, -0.05) is 41.6 Å². The van der Waals surface area contributed by atoms with E-state index in [9.17, 15) is 13.6 Å². The quantitative estimate of drug-likeness (QED) is 0.376. The van der Waals surface area contributed by atoms with Crippen molar-refractivity contribution < 1.29 is 18.3 Å². The second-order valence-electron chi connectivity index (χ2n) is 7.17. The summed E-state index contributed by atoms with van der Waals surface area (Å²) in [5, 5.41) is 11.6. The Labute approximate surface area is 193 Å². The van der Waals surface area contributed by atoms with Gasteiger partial charge in [0.25, 0.3) is 0 Å². The van der Waals surface area contributed by atoms with E-state index in [0.29, 0.717) is 16.7 Å². The van der Waals surface area contributed by atoms with Gasteiger partial charge < -0.3 is 10.1 Å². The lowest BCUT2D eigenvalue weighted by Gasteiger charge is -2.11. The van der Waals surface area contributed by atoms with Gasteiger partial charge >= 0.3 is 0 Å². The normalized spacial score (nSPS) is 10.8. The van der Waals surface area contributed by atoms with Gasteiger partial charge in [-0.3, -0.25) is 9.36 Å². The van der Waals surface area contributed by atoms with Crippen LogP contribution < -0.4 is 10.1 Å². The topological polar surface area (TPSA) is 69.0 Å². The van der Waals surface area contributed by atoms with E-state index < -0.39 is 17.5 Å². The van der Waals surface area contributed by atoms with Crippen LogP contribution in [-0.4, -0.2) is 33.5 Å². The van der Waals surface area contributed by atoms with Gasteiger partial charge in [0.2, 0.25) is 5.91 Å². The zero-order chi connectivity index (χ0) is 23.4. The summed E-state index contributed by atoms with van der Waals surface area (Å²) in [7, 11) is 1.59. The van der Waals surface area contributed by atoms with Crippen LogP contribution in [0.25, 0.3) is 17.1 Å². The number of nitrogens with one attached hydrogen (secondary N) is 1. The van der Waals surface area contributed by atoms with E-state index in [1.807, 2.05) is 60.0 Å². The predicted octanol–water partition coefficient (Wildman–Crippen LogP) is 5.26. The number of carbonyl (C=O) groups is 1. The lowest BCUT2D eigenvalue weighted by Crippen LogP contribution is -2.15. The minimum absolute atomic E-state index is 0.0427. The Bertz CT molecular complexity index is 1270. The number of rotatable bonds is 7. The molecule has 0 spiro atoms. The first-order valence-corrected chi connectivity index (χ1v) is 11.0. The Kier molecular flexibility index (Phi) is 6.69. The summed E-state index contributed by atoms with van der Waals surface area (Å²) in [4.78, 5) is 12.4. The SMILES string of the molecule is COc1ccc(-n2c(SCC(=O)Nc3ccc(F)cc3F)nnc2-c2ccc(C)cc2)cc1. The first-order chi connectivity index (χ1) is 15.9. The second kappa shape index (κ2) is 9.83. The molecular weight excluding hydrogens is 446 g/mol. The summed E-state index contributed by atoms with van der Waals surface area (Å²) in [6, 6.07) is 18.3. The molecule has 168 valence electrons. The summed E-state index contributed by atoms with van der Waals surface area (Å²) < 4.78 is 34.0. The molecule has 0 atom stereocenters. The second-order valence-corrected chi connectivity index (χ2v) is 8.11. The molecule has 0 saturated heterocycles. The summed E-state index contributed by atoms with van der Waals surface area (Å²) in [5.41, 5.74) is 2.70. The zero-order valence-corrected chi connectivity index (χ0v) is 18.7. The van der Waals surface area contributed by atoms with Gasteiger partial charge in [-0.15, -0.1) is 10.2 Å². The molecule has 1 aromatic heterocycles. The van der Waals surface area contributed by atoms with Crippen molar-refractivity contribution in [1.29, 1.82) is 0 Å². The number of nitrogens with zero attached hydrogens (tertiary/aromatic N) is 3. The van der Waals surface area contributed by atoms with Crippen LogP contribution in [0.3, 0.4) is 0 Å². The van der Waals surface area contributed by atoms with Crippen LogP contribution >= 0.6 is 11.8 Å². The Hall–Kier alpha value is -3.72. The van der Waals surface area contributed by atoms with E-state index in [0.717, 1.165) is 40.7 Å². The van der Waals surface area contributed by atoms with Crippen molar-refractivity contribution in [1.82, 2.24) is 14.8 Å². The van der Waals surface area contributed by atoms with Gasteiger partial charge in [-0.25, -0.2) is 8.78 Å². The molecule has 9 heteroatoms. The first-order valence-electron chi connectivity index (χ1n) is 9.99. The number of aromatic nitrogens is 3. The average molecular weight is 467 g/mol. The molecule has 6 nitrogen and oxygen atoms in total. The maximum absolute atomic E-state index is 13.8. The minimum atomic E-state index is -0.837. The van der Waals surface area contributed by atoms with Crippen LogP contribution in [0.1, 0.15) is 5.56 Å². The minimum Gasteiger partial charge on any atom is -0.497 e. The molecule has 0 aliphatic carbocycles. The van der Waals surface area contributed by atoms with E-state index in [4.69, 9.17) is 4.74 Å². The van der Waals surface area contributed by atoms with Crippen molar-refractivity contribution in [2.24, 2.45) is 0 Å². The largest absolute Gasteiger partial charge is 0.497 e. The zero-order valence-electron chi connectivity index (χ0n) is 17.9. The van der Waals surface area contributed by atoms with Crippen LogP contribution in [0, 0.1) is 18.6 Å². The van der Waals surface area contributed by atoms with E-state index in [-0.39, 0.29) is 11.4 Å². The molecule has 1 amide bonds. The van der Waals surface area contributed by atoms with Gasteiger partial charge in [-0.05, 0) is 43.3 Å². The fourth-order valence-electron chi connectivity index (χ4n) is 3.12. The highest BCUT2D eigenvalue weighted by Crippen LogP contribution is 2.29. The first kappa shape index (κ1) is 22.5. The highest BCUT2D eigenvalue weighted by Gasteiger charge is 2.18. The molecule has 0 aliphatic heterocycles. The molecule has 0 saturated carbocycles. The lowest BCUT2D eigenvalue weighted by molar-refractivity contribution is -0.113. The van der Waals surface area contributed by atoms with Crippen molar-refractivity contribution in [3.8, 4) is 22.8 Å². The van der Waals surface area contributed by atoms with Crippen molar-refractivity contribution in [2.45, 2.75) is 12.1 Å². The Balaban J connectivity index is 1.60. The van der Waals surface area contributed by atoms with Gasteiger partial charge in [0, 0.05) is 17.3 Å². The van der Waals surface area contributed by atoms with Crippen LogP contribution in [0.5, 0.6) is 5.75 Å². The van der Waals surface area contributed by atoms with E-state index in [1.165, 1.54) is 6.07 Å².